The molecule has 2 nitrogen and oxygen atoms in total. The fraction of sp³-hybridized carbons (Fsp3) is 0.400. The smallest absolute Gasteiger partial charge is 0.177 e. The summed E-state index contributed by atoms with van der Waals surface area (Å²) in [5.41, 5.74) is 0. The summed E-state index contributed by atoms with van der Waals surface area (Å²) in [4.78, 5) is 0. The van der Waals surface area contributed by atoms with Crippen LogP contribution in [-0.2, 0) is 0 Å². The number of nitrogens with zero attached hydrogens (tertiary/aromatic N) is 1. The molecule has 2 heteroatoms. The summed E-state index contributed by atoms with van der Waals surface area (Å²) in [5, 5.41) is 9.88. The van der Waals surface area contributed by atoms with Crippen molar-refractivity contribution in [2.24, 2.45) is 0 Å². The minimum absolute atomic E-state index is 1.51. The molecule has 0 aromatic heterocycles. The summed E-state index contributed by atoms with van der Waals surface area (Å²) in [7, 11) is 0. The largest absolute Gasteiger partial charge is 0.346 e. The third-order valence-electron chi connectivity index (χ3n) is 0.100. The van der Waals surface area contributed by atoms with Crippen LogP contribution in [0.15, 0.2) is 0 Å². The summed E-state index contributed by atoms with van der Waals surface area (Å²) >= 11 is 0. The quantitative estimate of drug-likeness (QED) is 0.359. The third-order valence-corrected chi connectivity index (χ3v) is 0.100. The lowest BCUT2D eigenvalue weighted by Crippen LogP contribution is -1.28. The number of hydrogen-bond acceptors (Lipinski definition) is 1. The lowest BCUT2D eigenvalue weighted by atomic mass is 10.9. The summed E-state index contributed by atoms with van der Waals surface area (Å²) < 4.78 is 0. The molecule has 0 saturated carbocycles. The van der Waals surface area contributed by atoms with Crippen molar-refractivity contribution < 1.29 is 5.21 Å². The van der Waals surface area contributed by atoms with E-state index in [1.54, 1.807) is 6.92 Å². The van der Waals surface area contributed by atoms with Gasteiger partial charge in [-0.05, 0) is 6.92 Å². The Balaban J connectivity index is 0. The highest BCUT2D eigenvalue weighted by Gasteiger charge is 1.52. The van der Waals surface area contributed by atoms with E-state index in [2.05, 4.69) is 23.4 Å². The molecule has 0 aliphatic carbocycles. The van der Waals surface area contributed by atoms with Gasteiger partial charge in [0.2, 0.25) is 5.01 Å². The predicted molar refractivity (Wildman–Crippen MR) is 29.2 cm³/mol. The zero-order valence-corrected chi connectivity index (χ0v) is 4.47. The molecule has 0 rings (SSSR count). The van der Waals surface area contributed by atoms with Crippen molar-refractivity contribution in [3.05, 3.63) is 5.01 Å². The van der Waals surface area contributed by atoms with Gasteiger partial charge >= 0.3 is 6.07 Å². The molecule has 0 unspecified atom stereocenters. The standard InChI is InChI=1S/C3H4.C2H3NO/c1-3-2;1-2-3-4/h1H,2H3;1H3/p+1. The molecule has 38 valence electrons. The fourth-order valence-corrected chi connectivity index (χ4v) is 0. The topological polar surface area (TPSA) is 24.6 Å². The second kappa shape index (κ2) is 21.0. The van der Waals surface area contributed by atoms with E-state index in [1.165, 1.54) is 6.92 Å². The minimum atomic E-state index is 1.51. The Labute approximate surface area is 43.6 Å². The highest BCUT2D eigenvalue weighted by Crippen LogP contribution is 1.41. The molecule has 0 aliphatic rings. The van der Waals surface area contributed by atoms with Gasteiger partial charge in [0.05, 0.1) is 6.92 Å². The molecule has 0 atom stereocenters. The second-order valence-corrected chi connectivity index (χ2v) is 0.612. The lowest BCUT2D eigenvalue weighted by Gasteiger charge is -1.23. The average molecular weight is 98.1 g/mol. The number of rotatable bonds is 0. The van der Waals surface area contributed by atoms with Crippen molar-refractivity contribution in [3.8, 4) is 18.4 Å². The normalized spacial score (nSPS) is 3.00. The first-order valence-corrected chi connectivity index (χ1v) is 1.71. The molecule has 0 aromatic carbocycles. The van der Waals surface area contributed by atoms with E-state index in [0.717, 1.165) is 0 Å². The lowest BCUT2D eigenvalue weighted by molar-refractivity contribution is 0.464. The van der Waals surface area contributed by atoms with E-state index in [4.69, 9.17) is 5.21 Å². The van der Waals surface area contributed by atoms with E-state index < -0.39 is 0 Å². The molecule has 0 aliphatic heterocycles. The maximum absolute atomic E-state index is 7.39. The monoisotopic (exact) mass is 98.1 g/mol. The molecule has 0 spiro atoms. The van der Waals surface area contributed by atoms with Gasteiger partial charge in [-0.25, -0.2) is 0 Å². The molecule has 0 heterocycles. The van der Waals surface area contributed by atoms with Crippen LogP contribution in [0.25, 0.3) is 5.01 Å². The summed E-state index contributed by atoms with van der Waals surface area (Å²) in [5.74, 6) is 2.25. The molecule has 0 saturated heterocycles. The van der Waals surface area contributed by atoms with Crippen LogP contribution in [0, 0.1) is 18.4 Å². The first-order valence-electron chi connectivity index (χ1n) is 1.71. The minimum Gasteiger partial charge on any atom is -0.177 e. The van der Waals surface area contributed by atoms with Gasteiger partial charge in [-0.3, -0.25) is 0 Å². The van der Waals surface area contributed by atoms with Crippen molar-refractivity contribution in [2.45, 2.75) is 13.8 Å². The maximum atomic E-state index is 7.39. The molecule has 0 fully saturated rings. The van der Waals surface area contributed by atoms with Crippen LogP contribution < -0.4 is 0 Å². The number of hydrogen-bond donors (Lipinski definition) is 1. The van der Waals surface area contributed by atoms with Gasteiger partial charge in [0.1, 0.15) is 0 Å². The predicted octanol–water partition coefficient (Wildman–Crippen LogP) is 1.37. The first kappa shape index (κ1) is 9.28. The second-order valence-electron chi connectivity index (χ2n) is 0.612. The summed E-state index contributed by atoms with van der Waals surface area (Å²) in [6.45, 7) is 3.17. The molecule has 0 bridgehead atoms. The first-order chi connectivity index (χ1) is 3.33. The Bertz CT molecular complexity index is 95.5. The van der Waals surface area contributed by atoms with Crippen LogP contribution in [0.4, 0.5) is 0 Å². The summed E-state index contributed by atoms with van der Waals surface area (Å²) in [6, 6.07) is 2.11. The van der Waals surface area contributed by atoms with Crippen LogP contribution in [0.5, 0.6) is 0 Å². The molecule has 0 aromatic rings. The zero-order chi connectivity index (χ0) is 6.12. The van der Waals surface area contributed by atoms with Gasteiger partial charge in [0.25, 0.3) is 0 Å². The van der Waals surface area contributed by atoms with Crippen LogP contribution >= 0.6 is 0 Å². The van der Waals surface area contributed by atoms with Gasteiger partial charge < -0.3 is 0 Å². The molecular weight excluding hydrogens is 90.1 g/mol. The van der Waals surface area contributed by atoms with Crippen molar-refractivity contribution in [2.75, 3.05) is 0 Å². The van der Waals surface area contributed by atoms with Gasteiger partial charge in [-0.15, -0.1) is 12.3 Å². The zero-order valence-electron chi connectivity index (χ0n) is 4.47. The SMILES string of the molecule is C#CC.CC#[N+]O. The Morgan fingerprint density at radius 3 is 1.71 bits per heavy atom. The van der Waals surface area contributed by atoms with Crippen molar-refractivity contribution >= 4 is 0 Å². The Morgan fingerprint density at radius 1 is 1.57 bits per heavy atom. The highest BCUT2D eigenvalue weighted by atomic mass is 16.4. The third kappa shape index (κ3) is 1750. The van der Waals surface area contributed by atoms with E-state index in [9.17, 15) is 0 Å². The molecular formula is C5H8NO+. The van der Waals surface area contributed by atoms with E-state index >= 15 is 0 Å². The number of terminal acetylenes is 1. The van der Waals surface area contributed by atoms with Gasteiger partial charge in [-0.1, -0.05) is 0 Å². The average Bonchev–Trinajstić information content (AvgIpc) is 1.69. The highest BCUT2D eigenvalue weighted by molar-refractivity contribution is 4.73. The van der Waals surface area contributed by atoms with Crippen molar-refractivity contribution in [1.29, 1.82) is 0 Å². The Morgan fingerprint density at radius 2 is 1.71 bits per heavy atom. The maximum Gasteiger partial charge on any atom is 0.346 e. The van der Waals surface area contributed by atoms with Crippen molar-refractivity contribution in [3.63, 3.8) is 0 Å². The Hall–Kier alpha value is -1.15. The van der Waals surface area contributed by atoms with E-state index in [0.29, 0.717) is 0 Å². The Kier molecular flexibility index (Phi) is 27.9. The molecule has 0 radical (unpaired) electrons. The molecule has 7 heavy (non-hydrogen) atoms. The van der Waals surface area contributed by atoms with Gasteiger partial charge in [0.15, 0.2) is 0 Å². The van der Waals surface area contributed by atoms with E-state index in [1.807, 2.05) is 0 Å². The fourth-order valence-electron chi connectivity index (χ4n) is 0. The van der Waals surface area contributed by atoms with Crippen LogP contribution in [0.1, 0.15) is 13.8 Å². The van der Waals surface area contributed by atoms with Crippen LogP contribution in [0.2, 0.25) is 0 Å². The van der Waals surface area contributed by atoms with Gasteiger partial charge in [-0.2, -0.15) is 5.21 Å². The van der Waals surface area contributed by atoms with Crippen molar-refractivity contribution in [1.82, 2.24) is 0 Å². The van der Waals surface area contributed by atoms with Crippen LogP contribution in [0.3, 0.4) is 0 Å². The molecule has 0 amide bonds. The molecule has 1 N–H and O–H groups in total. The van der Waals surface area contributed by atoms with E-state index in [-0.39, 0.29) is 0 Å². The van der Waals surface area contributed by atoms with Crippen LogP contribution in [-0.4, -0.2) is 5.21 Å². The van der Waals surface area contributed by atoms with Gasteiger partial charge in [0, 0.05) is 0 Å². The summed E-state index contributed by atoms with van der Waals surface area (Å²) in [6.07, 6.45) is 4.60.